The minimum Gasteiger partial charge on any atom is -0.506 e. The van der Waals surface area contributed by atoms with Crippen LogP contribution >= 0.6 is 36.4 Å². The number of hydrogen-bond donors (Lipinski definition) is 1. The van der Waals surface area contributed by atoms with Gasteiger partial charge >= 0.3 is 6.18 Å². The first-order valence-corrected chi connectivity index (χ1v) is 13.1. The van der Waals surface area contributed by atoms with E-state index in [1.807, 2.05) is 0 Å². The average molecular weight is 647 g/mol. The van der Waals surface area contributed by atoms with Gasteiger partial charge in [0, 0.05) is 64.5 Å². The standard InChI is InChI=1S/C27H32ClF4N3O4.2ClH/c1-38-17-23-16-34(8-9-39-23)5-4-33-6-7-35(22(15-33)10-18-2-3-24(28)25(36)11-18)26(37)19-12-20(27(30,31)32)14-21(29)13-19;;/h2-3,11-14,22-23,36H,4-10,15-17H2,1H3;2*1H/t22-,23+;;/m1../s1. The molecular formula is C27H34Cl3F4N3O4. The molecule has 4 rings (SSSR count). The molecule has 1 amide bonds. The van der Waals surface area contributed by atoms with Crippen LogP contribution in [0.15, 0.2) is 36.4 Å². The highest BCUT2D eigenvalue weighted by Crippen LogP contribution is 2.31. The predicted octanol–water partition coefficient (Wildman–Crippen LogP) is 4.76. The molecule has 230 valence electrons. The molecule has 0 spiro atoms. The van der Waals surface area contributed by atoms with Gasteiger partial charge in [0.25, 0.3) is 5.91 Å². The summed E-state index contributed by atoms with van der Waals surface area (Å²) in [5, 5.41) is 10.3. The van der Waals surface area contributed by atoms with Crippen LogP contribution in [0.5, 0.6) is 5.75 Å². The molecule has 2 atom stereocenters. The van der Waals surface area contributed by atoms with Gasteiger partial charge in [0.05, 0.1) is 29.9 Å². The lowest BCUT2D eigenvalue weighted by Crippen LogP contribution is -2.57. The number of alkyl halides is 3. The number of morpholine rings is 1. The van der Waals surface area contributed by atoms with E-state index in [9.17, 15) is 27.5 Å². The summed E-state index contributed by atoms with van der Waals surface area (Å²) in [4.78, 5) is 19.4. The van der Waals surface area contributed by atoms with Crippen molar-refractivity contribution in [2.24, 2.45) is 0 Å². The van der Waals surface area contributed by atoms with Crippen LogP contribution < -0.4 is 0 Å². The summed E-state index contributed by atoms with van der Waals surface area (Å²) in [5.41, 5.74) is -0.842. The minimum atomic E-state index is -4.78. The first kappa shape index (κ1) is 35.3. The molecule has 2 aliphatic rings. The van der Waals surface area contributed by atoms with Gasteiger partial charge in [-0.25, -0.2) is 4.39 Å². The second kappa shape index (κ2) is 15.6. The van der Waals surface area contributed by atoms with Crippen molar-refractivity contribution in [2.45, 2.75) is 24.7 Å². The van der Waals surface area contributed by atoms with Gasteiger partial charge in [0.1, 0.15) is 11.6 Å². The number of hydrogen-bond acceptors (Lipinski definition) is 6. The van der Waals surface area contributed by atoms with Crippen LogP contribution in [0.3, 0.4) is 0 Å². The fourth-order valence-electron chi connectivity index (χ4n) is 5.12. The molecule has 0 aromatic heterocycles. The van der Waals surface area contributed by atoms with Crippen molar-refractivity contribution in [1.82, 2.24) is 14.7 Å². The van der Waals surface area contributed by atoms with Gasteiger partial charge in [0.15, 0.2) is 0 Å². The molecule has 0 bridgehead atoms. The van der Waals surface area contributed by atoms with E-state index in [4.69, 9.17) is 21.1 Å². The SMILES string of the molecule is COC[C@@H]1CN(CCN2CCN(C(=O)c3cc(F)cc(C(F)(F)F)c3)[C@H](Cc3ccc(Cl)c(O)c3)C2)CCO1.Cl.Cl. The number of methoxy groups -OCH3 is 1. The van der Waals surface area contributed by atoms with Gasteiger partial charge in [-0.3, -0.25) is 14.6 Å². The van der Waals surface area contributed by atoms with E-state index >= 15 is 0 Å². The molecule has 2 aliphatic heterocycles. The van der Waals surface area contributed by atoms with E-state index in [1.54, 1.807) is 19.2 Å². The number of rotatable bonds is 8. The number of halogens is 7. The molecule has 0 saturated carbocycles. The van der Waals surface area contributed by atoms with Crippen molar-refractivity contribution >= 4 is 42.3 Å². The number of amides is 1. The third kappa shape index (κ3) is 9.57. The Kier molecular flexibility index (Phi) is 13.4. The van der Waals surface area contributed by atoms with Crippen LogP contribution in [0.4, 0.5) is 17.6 Å². The molecule has 14 heteroatoms. The molecule has 2 heterocycles. The second-order valence-electron chi connectivity index (χ2n) is 9.92. The molecule has 0 radical (unpaired) electrons. The normalized spacial score (nSPS) is 20.3. The number of benzene rings is 2. The number of phenolic OH excluding ortho intramolecular Hbond substituents is 1. The first-order valence-electron chi connectivity index (χ1n) is 12.7. The van der Waals surface area contributed by atoms with Crippen LogP contribution in [0.25, 0.3) is 0 Å². The molecule has 0 unspecified atom stereocenters. The van der Waals surface area contributed by atoms with Gasteiger partial charge in [-0.15, -0.1) is 24.8 Å². The van der Waals surface area contributed by atoms with Crippen molar-refractivity contribution in [3.8, 4) is 5.75 Å². The molecule has 2 saturated heterocycles. The molecule has 1 N–H and O–H groups in total. The lowest BCUT2D eigenvalue weighted by Gasteiger charge is -2.42. The second-order valence-corrected chi connectivity index (χ2v) is 10.3. The lowest BCUT2D eigenvalue weighted by atomic mass is 10.00. The number of nitrogens with zero attached hydrogens (tertiary/aromatic N) is 3. The fourth-order valence-corrected chi connectivity index (χ4v) is 5.24. The Labute approximate surface area is 254 Å². The lowest BCUT2D eigenvalue weighted by molar-refractivity contribution is -0.137. The van der Waals surface area contributed by atoms with Gasteiger partial charge in [0.2, 0.25) is 0 Å². The maximum atomic E-state index is 14.1. The maximum absolute atomic E-state index is 14.1. The average Bonchev–Trinajstić information content (AvgIpc) is 2.89. The molecule has 2 aromatic rings. The Morgan fingerprint density at radius 1 is 1.07 bits per heavy atom. The van der Waals surface area contributed by atoms with Crippen LogP contribution in [-0.2, 0) is 22.1 Å². The summed E-state index contributed by atoms with van der Waals surface area (Å²) < 4.78 is 64.9. The van der Waals surface area contributed by atoms with E-state index in [-0.39, 0.29) is 53.8 Å². The van der Waals surface area contributed by atoms with E-state index in [2.05, 4.69) is 9.80 Å². The predicted molar refractivity (Wildman–Crippen MR) is 152 cm³/mol. The Hall–Kier alpha value is -1.86. The smallest absolute Gasteiger partial charge is 0.416 e. The topological polar surface area (TPSA) is 65.5 Å². The van der Waals surface area contributed by atoms with Gasteiger partial charge in [-0.2, -0.15) is 13.2 Å². The number of piperazine rings is 1. The number of aromatic hydroxyl groups is 1. The summed E-state index contributed by atoms with van der Waals surface area (Å²) in [6.07, 6.45) is -4.43. The Morgan fingerprint density at radius 2 is 1.78 bits per heavy atom. The number of ether oxygens (including phenoxy) is 2. The number of phenols is 1. The molecule has 7 nitrogen and oxygen atoms in total. The number of carbonyl (C=O) groups is 1. The Balaban J connectivity index is 0.00000294. The van der Waals surface area contributed by atoms with Crippen molar-refractivity contribution < 1.29 is 36.9 Å². The molecular weight excluding hydrogens is 613 g/mol. The molecule has 2 fully saturated rings. The summed E-state index contributed by atoms with van der Waals surface area (Å²) in [5.74, 6) is -1.89. The van der Waals surface area contributed by atoms with Gasteiger partial charge < -0.3 is 19.5 Å². The fraction of sp³-hybridized carbons (Fsp3) is 0.519. The highest BCUT2D eigenvalue weighted by molar-refractivity contribution is 6.32. The van der Waals surface area contributed by atoms with Gasteiger partial charge in [-0.1, -0.05) is 17.7 Å². The van der Waals surface area contributed by atoms with E-state index in [0.717, 1.165) is 32.2 Å². The van der Waals surface area contributed by atoms with Crippen molar-refractivity contribution in [3.05, 3.63) is 63.9 Å². The zero-order chi connectivity index (χ0) is 28.2. The summed E-state index contributed by atoms with van der Waals surface area (Å²) in [6.45, 7) is 5.43. The Bertz CT molecular complexity index is 1160. The van der Waals surface area contributed by atoms with Crippen LogP contribution in [0, 0.1) is 5.82 Å². The minimum absolute atomic E-state index is 0. The zero-order valence-corrected chi connectivity index (χ0v) is 24.8. The van der Waals surface area contributed by atoms with Gasteiger partial charge in [-0.05, 0) is 42.3 Å². The molecule has 41 heavy (non-hydrogen) atoms. The monoisotopic (exact) mass is 645 g/mol. The Morgan fingerprint density at radius 3 is 2.44 bits per heavy atom. The van der Waals surface area contributed by atoms with E-state index in [0.29, 0.717) is 50.4 Å². The van der Waals surface area contributed by atoms with Crippen LogP contribution in [0.2, 0.25) is 5.02 Å². The first-order chi connectivity index (χ1) is 18.5. The highest BCUT2D eigenvalue weighted by atomic mass is 35.5. The summed E-state index contributed by atoms with van der Waals surface area (Å²) in [7, 11) is 1.64. The largest absolute Gasteiger partial charge is 0.506 e. The van der Waals surface area contributed by atoms with Crippen molar-refractivity contribution in [1.29, 1.82) is 0 Å². The third-order valence-electron chi connectivity index (χ3n) is 7.09. The maximum Gasteiger partial charge on any atom is 0.416 e. The van der Waals surface area contributed by atoms with Crippen LogP contribution in [0.1, 0.15) is 21.5 Å². The summed E-state index contributed by atoms with van der Waals surface area (Å²) >= 11 is 5.95. The third-order valence-corrected chi connectivity index (χ3v) is 7.41. The quantitative estimate of drug-likeness (QED) is 0.418. The van der Waals surface area contributed by atoms with Crippen LogP contribution in [-0.4, -0.2) is 104 Å². The van der Waals surface area contributed by atoms with E-state index < -0.39 is 29.5 Å². The summed E-state index contributed by atoms with van der Waals surface area (Å²) in [6, 6.07) is 6.29. The number of carbonyl (C=O) groups excluding carboxylic acids is 1. The molecule has 0 aliphatic carbocycles. The van der Waals surface area contributed by atoms with Crippen molar-refractivity contribution in [2.75, 3.05) is 66.1 Å². The highest BCUT2D eigenvalue weighted by Gasteiger charge is 2.35. The van der Waals surface area contributed by atoms with Crippen molar-refractivity contribution in [3.63, 3.8) is 0 Å². The van der Waals surface area contributed by atoms with E-state index in [1.165, 1.54) is 11.0 Å². The molecule has 2 aromatic carbocycles. The zero-order valence-electron chi connectivity index (χ0n) is 22.4.